The minimum Gasteiger partial charge on any atom is -0.384 e. The van der Waals surface area contributed by atoms with Gasteiger partial charge in [-0.25, -0.2) is 0 Å². The van der Waals surface area contributed by atoms with Crippen molar-refractivity contribution in [3.63, 3.8) is 0 Å². The molecule has 0 fully saturated rings. The van der Waals surface area contributed by atoms with Gasteiger partial charge in [0.15, 0.2) is 0 Å². The van der Waals surface area contributed by atoms with Crippen molar-refractivity contribution in [3.8, 4) is 0 Å². The molecule has 0 bridgehead atoms. The summed E-state index contributed by atoms with van der Waals surface area (Å²) in [4.78, 5) is 9.78. The molecule has 0 aromatic heterocycles. The Balaban J connectivity index is 3.26. The number of nitrogens with one attached hydrogen (secondary N) is 1. The van der Waals surface area contributed by atoms with E-state index in [1.807, 2.05) is 0 Å². The zero-order chi connectivity index (χ0) is 10.0. The molecule has 0 amide bonds. The maximum atomic E-state index is 10.4. The number of nitro groups is 1. The average Bonchev–Trinajstić information content (AvgIpc) is 2.03. The van der Waals surface area contributed by atoms with E-state index in [9.17, 15) is 10.1 Å². The highest BCUT2D eigenvalue weighted by Gasteiger charge is 2.09. The topological polar surface area (TPSA) is 93.0 Å². The van der Waals surface area contributed by atoms with Gasteiger partial charge in [-0.3, -0.25) is 15.5 Å². The Bertz CT molecular complexity index is 346. The molecular weight excluding hydrogens is 194 g/mol. The number of nitrogens with zero attached hydrogens (tertiary/aromatic N) is 1. The minimum absolute atomic E-state index is 0.169. The van der Waals surface area contributed by atoms with Gasteiger partial charge in [0.1, 0.15) is 5.84 Å². The number of amidine groups is 1. The van der Waals surface area contributed by atoms with Gasteiger partial charge in [-0.05, 0) is 6.07 Å². The maximum Gasteiger partial charge on any atom is 0.271 e. The number of nitrogen functional groups attached to an aromatic ring is 1. The van der Waals surface area contributed by atoms with Crippen molar-refractivity contribution >= 4 is 23.1 Å². The van der Waals surface area contributed by atoms with Crippen LogP contribution in [0.15, 0.2) is 18.2 Å². The van der Waals surface area contributed by atoms with Crippen LogP contribution in [0.5, 0.6) is 0 Å². The lowest BCUT2D eigenvalue weighted by molar-refractivity contribution is -0.384. The van der Waals surface area contributed by atoms with Crippen molar-refractivity contribution in [2.75, 3.05) is 0 Å². The second-order valence-corrected chi connectivity index (χ2v) is 2.81. The van der Waals surface area contributed by atoms with Gasteiger partial charge < -0.3 is 5.73 Å². The standard InChI is InChI=1S/C7H6ClN3O2/c8-5-1-4(7(9)10)2-6(3-5)11(12)13/h1-3H,(H3,9,10). The fourth-order valence-electron chi connectivity index (χ4n) is 0.835. The van der Waals surface area contributed by atoms with Crippen molar-refractivity contribution in [1.29, 1.82) is 5.41 Å². The van der Waals surface area contributed by atoms with Crippen molar-refractivity contribution in [2.24, 2.45) is 5.73 Å². The third-order valence-electron chi connectivity index (χ3n) is 1.40. The van der Waals surface area contributed by atoms with Crippen LogP contribution in [0.4, 0.5) is 5.69 Å². The predicted octanol–water partition coefficient (Wildman–Crippen LogP) is 1.53. The summed E-state index contributed by atoms with van der Waals surface area (Å²) in [6.45, 7) is 0. The molecular formula is C7H6ClN3O2. The van der Waals surface area contributed by atoms with Crippen LogP contribution in [0, 0.1) is 15.5 Å². The minimum atomic E-state index is -0.585. The molecule has 0 saturated heterocycles. The maximum absolute atomic E-state index is 10.4. The molecule has 0 spiro atoms. The molecule has 6 heteroatoms. The van der Waals surface area contributed by atoms with Crippen LogP contribution in [-0.4, -0.2) is 10.8 Å². The summed E-state index contributed by atoms with van der Waals surface area (Å²) in [6, 6.07) is 3.80. The van der Waals surface area contributed by atoms with E-state index in [1.54, 1.807) is 0 Å². The molecule has 0 radical (unpaired) electrons. The number of halogens is 1. The lowest BCUT2D eigenvalue weighted by atomic mass is 10.2. The monoisotopic (exact) mass is 199 g/mol. The Kier molecular flexibility index (Phi) is 2.48. The molecule has 1 rings (SSSR count). The molecule has 0 aliphatic carbocycles. The number of nitro benzene ring substituents is 1. The van der Waals surface area contributed by atoms with E-state index in [4.69, 9.17) is 22.7 Å². The summed E-state index contributed by atoms with van der Waals surface area (Å²) in [5.41, 5.74) is 5.23. The Morgan fingerprint density at radius 1 is 1.54 bits per heavy atom. The van der Waals surface area contributed by atoms with Crippen molar-refractivity contribution in [1.82, 2.24) is 0 Å². The summed E-state index contributed by atoms with van der Waals surface area (Å²) in [5.74, 6) is -0.245. The molecule has 1 aromatic carbocycles. The lowest BCUT2D eigenvalue weighted by Crippen LogP contribution is -2.11. The van der Waals surface area contributed by atoms with Crippen molar-refractivity contribution in [3.05, 3.63) is 38.9 Å². The molecule has 0 unspecified atom stereocenters. The van der Waals surface area contributed by atoms with Crippen LogP contribution in [0.2, 0.25) is 5.02 Å². The SMILES string of the molecule is N=C(N)c1cc(Cl)cc([N+](=O)[O-])c1. The summed E-state index contributed by atoms with van der Waals surface area (Å²) < 4.78 is 0. The third kappa shape index (κ3) is 2.16. The van der Waals surface area contributed by atoms with Gasteiger partial charge in [0.2, 0.25) is 0 Å². The van der Waals surface area contributed by atoms with Gasteiger partial charge in [-0.2, -0.15) is 0 Å². The van der Waals surface area contributed by atoms with Crippen molar-refractivity contribution in [2.45, 2.75) is 0 Å². The fourth-order valence-corrected chi connectivity index (χ4v) is 1.06. The second kappa shape index (κ2) is 3.40. The van der Waals surface area contributed by atoms with Gasteiger partial charge in [0.05, 0.1) is 4.92 Å². The molecule has 3 N–H and O–H groups in total. The molecule has 1 aromatic rings. The lowest BCUT2D eigenvalue weighted by Gasteiger charge is -1.98. The highest BCUT2D eigenvalue weighted by atomic mass is 35.5. The first-order valence-electron chi connectivity index (χ1n) is 3.30. The van der Waals surface area contributed by atoms with Crippen LogP contribution >= 0.6 is 11.6 Å². The van der Waals surface area contributed by atoms with E-state index in [0.29, 0.717) is 0 Å². The van der Waals surface area contributed by atoms with Gasteiger partial charge in [-0.15, -0.1) is 0 Å². The van der Waals surface area contributed by atoms with E-state index >= 15 is 0 Å². The molecule has 0 atom stereocenters. The van der Waals surface area contributed by atoms with Crippen LogP contribution in [0.3, 0.4) is 0 Å². The quantitative estimate of drug-likeness (QED) is 0.327. The zero-order valence-electron chi connectivity index (χ0n) is 6.45. The van der Waals surface area contributed by atoms with Gasteiger partial charge >= 0.3 is 0 Å². The first kappa shape index (κ1) is 9.47. The van der Waals surface area contributed by atoms with Gasteiger partial charge in [0.25, 0.3) is 5.69 Å². The fraction of sp³-hybridized carbons (Fsp3) is 0. The Hall–Kier alpha value is -1.62. The van der Waals surface area contributed by atoms with Crippen LogP contribution < -0.4 is 5.73 Å². The van der Waals surface area contributed by atoms with E-state index in [-0.39, 0.29) is 22.1 Å². The van der Waals surface area contributed by atoms with Crippen molar-refractivity contribution < 1.29 is 4.92 Å². The summed E-state index contributed by atoms with van der Waals surface area (Å²) in [5, 5.41) is 17.6. The highest BCUT2D eigenvalue weighted by molar-refractivity contribution is 6.31. The molecule has 13 heavy (non-hydrogen) atoms. The van der Waals surface area contributed by atoms with Gasteiger partial charge in [-0.1, -0.05) is 11.6 Å². The summed E-state index contributed by atoms with van der Waals surface area (Å²) in [6.07, 6.45) is 0. The Labute approximate surface area is 78.8 Å². The number of benzene rings is 1. The van der Waals surface area contributed by atoms with Gasteiger partial charge in [0, 0.05) is 22.7 Å². The molecule has 0 aliphatic heterocycles. The van der Waals surface area contributed by atoms with Crippen LogP contribution in [0.25, 0.3) is 0 Å². The molecule has 0 heterocycles. The number of nitrogens with two attached hydrogens (primary N) is 1. The number of hydrogen-bond donors (Lipinski definition) is 2. The molecule has 0 aliphatic rings. The predicted molar refractivity (Wildman–Crippen MR) is 49.1 cm³/mol. The Morgan fingerprint density at radius 3 is 2.62 bits per heavy atom. The molecule has 68 valence electrons. The molecule has 0 saturated carbocycles. The van der Waals surface area contributed by atoms with Crippen LogP contribution in [-0.2, 0) is 0 Å². The normalized spacial score (nSPS) is 9.62. The number of hydrogen-bond acceptors (Lipinski definition) is 3. The van der Waals surface area contributed by atoms with Crippen LogP contribution in [0.1, 0.15) is 5.56 Å². The largest absolute Gasteiger partial charge is 0.384 e. The highest BCUT2D eigenvalue weighted by Crippen LogP contribution is 2.20. The first-order valence-corrected chi connectivity index (χ1v) is 3.68. The first-order chi connectivity index (χ1) is 6.00. The Morgan fingerprint density at radius 2 is 2.15 bits per heavy atom. The smallest absolute Gasteiger partial charge is 0.271 e. The van der Waals surface area contributed by atoms with E-state index in [0.717, 1.165) is 0 Å². The average molecular weight is 200 g/mol. The number of non-ortho nitro benzene ring substituents is 1. The van der Waals surface area contributed by atoms with E-state index < -0.39 is 4.92 Å². The number of rotatable bonds is 2. The third-order valence-corrected chi connectivity index (χ3v) is 1.62. The summed E-state index contributed by atoms with van der Waals surface area (Å²) >= 11 is 5.58. The van der Waals surface area contributed by atoms with E-state index in [2.05, 4.69) is 0 Å². The second-order valence-electron chi connectivity index (χ2n) is 2.37. The zero-order valence-corrected chi connectivity index (χ0v) is 7.21. The summed E-state index contributed by atoms with van der Waals surface area (Å²) in [7, 11) is 0. The molecule has 5 nitrogen and oxygen atoms in total. The van der Waals surface area contributed by atoms with E-state index in [1.165, 1.54) is 18.2 Å².